The first-order valence-corrected chi connectivity index (χ1v) is 7.39. The van der Waals surface area contributed by atoms with E-state index in [2.05, 4.69) is 4.99 Å². The molecule has 1 aliphatic rings. The molecule has 0 N–H and O–H groups in total. The Hall–Kier alpha value is -2.46. The Balaban J connectivity index is 1.77. The number of nitrogens with zero attached hydrogens (tertiary/aromatic N) is 1. The summed E-state index contributed by atoms with van der Waals surface area (Å²) in [5.41, 5.74) is 2.58. The fourth-order valence-corrected chi connectivity index (χ4v) is 2.50. The highest BCUT2D eigenvalue weighted by atomic mass is 32.1. The Morgan fingerprint density at radius 1 is 1.14 bits per heavy atom. The number of thiophene rings is 1. The van der Waals surface area contributed by atoms with E-state index in [0.717, 1.165) is 10.4 Å². The second-order valence-electron chi connectivity index (χ2n) is 4.63. The second-order valence-corrected chi connectivity index (χ2v) is 5.61. The monoisotopic (exact) mass is 295 g/mol. The van der Waals surface area contributed by atoms with Crippen LogP contribution in [0.5, 0.6) is 0 Å². The van der Waals surface area contributed by atoms with E-state index in [1.165, 1.54) is 5.56 Å². The van der Waals surface area contributed by atoms with Gasteiger partial charge in [-0.2, -0.15) is 0 Å². The molecule has 0 unspecified atom stereocenters. The number of hydrogen-bond donors (Lipinski definition) is 0. The highest BCUT2D eigenvalue weighted by Crippen LogP contribution is 2.19. The van der Waals surface area contributed by atoms with Crippen molar-refractivity contribution in [1.29, 1.82) is 0 Å². The second kappa shape index (κ2) is 5.89. The van der Waals surface area contributed by atoms with Crippen molar-refractivity contribution < 1.29 is 9.53 Å². The van der Waals surface area contributed by atoms with Crippen LogP contribution in [0.25, 0.3) is 12.2 Å². The molecule has 104 valence electrons. The van der Waals surface area contributed by atoms with Gasteiger partial charge in [0.2, 0.25) is 5.90 Å². The summed E-state index contributed by atoms with van der Waals surface area (Å²) in [4.78, 5) is 16.9. The normalized spacial score (nSPS) is 16.5. The van der Waals surface area contributed by atoms with E-state index >= 15 is 0 Å². The van der Waals surface area contributed by atoms with Gasteiger partial charge in [0, 0.05) is 11.0 Å². The molecule has 2 aromatic rings. The first kappa shape index (κ1) is 13.5. The zero-order chi connectivity index (χ0) is 14.7. The van der Waals surface area contributed by atoms with Crippen LogP contribution < -0.4 is 0 Å². The molecule has 3 rings (SSSR count). The molecule has 0 saturated carbocycles. The maximum absolute atomic E-state index is 11.7. The molecular formula is C17H13NO2S. The summed E-state index contributed by atoms with van der Waals surface area (Å²) in [6.07, 6.45) is 5.32. The van der Waals surface area contributed by atoms with Crippen molar-refractivity contribution in [3.8, 4) is 0 Å². The standard InChI is InChI=1S/C17H13NO2S/c1-12-4-6-13(7-5-12)8-9-16-18-15(17(19)20-16)11-14-3-2-10-21-14/h2-11H,1H3/b9-8+,15-11?. The maximum Gasteiger partial charge on any atom is 0.363 e. The van der Waals surface area contributed by atoms with Crippen LogP contribution in [-0.4, -0.2) is 11.9 Å². The fourth-order valence-electron chi connectivity index (χ4n) is 1.85. The highest BCUT2D eigenvalue weighted by molar-refractivity contribution is 7.10. The number of carbonyl (C=O) groups is 1. The van der Waals surface area contributed by atoms with Crippen LogP contribution in [0.1, 0.15) is 16.0 Å². The Bertz CT molecular complexity index is 738. The van der Waals surface area contributed by atoms with Crippen molar-refractivity contribution in [1.82, 2.24) is 0 Å². The summed E-state index contributed by atoms with van der Waals surface area (Å²) in [5, 5.41) is 1.95. The summed E-state index contributed by atoms with van der Waals surface area (Å²) < 4.78 is 5.13. The minimum absolute atomic E-state index is 0.323. The van der Waals surface area contributed by atoms with Crippen molar-refractivity contribution in [3.63, 3.8) is 0 Å². The lowest BCUT2D eigenvalue weighted by Gasteiger charge is -1.94. The molecule has 2 heterocycles. The van der Waals surface area contributed by atoms with Crippen LogP contribution in [0, 0.1) is 6.92 Å². The first-order valence-electron chi connectivity index (χ1n) is 6.51. The molecule has 1 aromatic carbocycles. The number of aliphatic imine (C=N–C) groups is 1. The number of ether oxygens (including phenoxy) is 1. The van der Waals surface area contributed by atoms with Crippen LogP contribution in [0.2, 0.25) is 0 Å². The predicted molar refractivity (Wildman–Crippen MR) is 86.0 cm³/mol. The van der Waals surface area contributed by atoms with Gasteiger partial charge in [-0.3, -0.25) is 0 Å². The number of carbonyl (C=O) groups excluding carboxylic acids is 1. The lowest BCUT2D eigenvalue weighted by molar-refractivity contribution is -0.129. The van der Waals surface area contributed by atoms with Crippen LogP contribution in [-0.2, 0) is 9.53 Å². The third-order valence-corrected chi connectivity index (χ3v) is 3.77. The number of esters is 1. The van der Waals surface area contributed by atoms with Gasteiger partial charge in [-0.15, -0.1) is 11.3 Å². The zero-order valence-corrected chi connectivity index (χ0v) is 12.3. The van der Waals surface area contributed by atoms with Gasteiger partial charge >= 0.3 is 5.97 Å². The van der Waals surface area contributed by atoms with Gasteiger partial charge in [0.1, 0.15) is 0 Å². The minimum Gasteiger partial charge on any atom is -0.403 e. The molecule has 0 amide bonds. The summed E-state index contributed by atoms with van der Waals surface area (Å²) in [7, 11) is 0. The number of aryl methyl sites for hydroxylation is 1. The summed E-state index contributed by atoms with van der Waals surface area (Å²) in [6.45, 7) is 2.04. The predicted octanol–water partition coefficient (Wildman–Crippen LogP) is 4.07. The van der Waals surface area contributed by atoms with Gasteiger partial charge in [-0.05, 0) is 36.1 Å². The van der Waals surface area contributed by atoms with Crippen LogP contribution >= 0.6 is 11.3 Å². The molecule has 21 heavy (non-hydrogen) atoms. The SMILES string of the molecule is Cc1ccc(/C=C/C2=NC(=Cc3cccs3)C(=O)O2)cc1. The molecule has 0 spiro atoms. The van der Waals surface area contributed by atoms with E-state index in [9.17, 15) is 4.79 Å². The molecule has 0 aliphatic carbocycles. The van der Waals surface area contributed by atoms with Gasteiger partial charge in [-0.1, -0.05) is 35.9 Å². The molecule has 3 nitrogen and oxygen atoms in total. The smallest absolute Gasteiger partial charge is 0.363 e. The fraction of sp³-hybridized carbons (Fsp3) is 0.0588. The van der Waals surface area contributed by atoms with Crippen molar-refractivity contribution >= 4 is 35.4 Å². The molecular weight excluding hydrogens is 282 g/mol. The highest BCUT2D eigenvalue weighted by Gasteiger charge is 2.21. The van der Waals surface area contributed by atoms with E-state index < -0.39 is 5.97 Å². The maximum atomic E-state index is 11.7. The van der Waals surface area contributed by atoms with E-state index in [-0.39, 0.29) is 0 Å². The Morgan fingerprint density at radius 3 is 2.67 bits per heavy atom. The van der Waals surface area contributed by atoms with Gasteiger partial charge < -0.3 is 4.74 Å². The molecule has 0 bridgehead atoms. The first-order chi connectivity index (χ1) is 10.2. The van der Waals surface area contributed by atoms with Crippen LogP contribution in [0.3, 0.4) is 0 Å². The summed E-state index contributed by atoms with van der Waals surface area (Å²) >= 11 is 1.55. The van der Waals surface area contributed by atoms with Crippen LogP contribution in [0.4, 0.5) is 0 Å². The Kier molecular flexibility index (Phi) is 3.79. The van der Waals surface area contributed by atoms with E-state index in [1.54, 1.807) is 23.5 Å². The third kappa shape index (κ3) is 3.35. The van der Waals surface area contributed by atoms with Crippen molar-refractivity contribution in [2.45, 2.75) is 6.92 Å². The van der Waals surface area contributed by atoms with E-state index in [4.69, 9.17) is 4.74 Å². The van der Waals surface area contributed by atoms with Crippen molar-refractivity contribution in [2.75, 3.05) is 0 Å². The van der Waals surface area contributed by atoms with Gasteiger partial charge in [-0.25, -0.2) is 9.79 Å². The average molecular weight is 295 g/mol. The number of cyclic esters (lactones) is 1. The molecule has 1 aliphatic heterocycles. The molecule has 0 radical (unpaired) electrons. The van der Waals surface area contributed by atoms with Crippen LogP contribution in [0.15, 0.2) is 58.5 Å². The van der Waals surface area contributed by atoms with E-state index in [0.29, 0.717) is 11.6 Å². The zero-order valence-electron chi connectivity index (χ0n) is 11.4. The lowest BCUT2D eigenvalue weighted by atomic mass is 10.1. The summed E-state index contributed by atoms with van der Waals surface area (Å²) in [6, 6.07) is 11.9. The van der Waals surface area contributed by atoms with Crippen molar-refractivity contribution in [2.24, 2.45) is 4.99 Å². The molecule has 0 atom stereocenters. The third-order valence-electron chi connectivity index (χ3n) is 2.95. The van der Waals surface area contributed by atoms with E-state index in [1.807, 2.05) is 54.8 Å². The largest absolute Gasteiger partial charge is 0.403 e. The molecule has 0 saturated heterocycles. The quantitative estimate of drug-likeness (QED) is 0.632. The topological polar surface area (TPSA) is 38.7 Å². The lowest BCUT2D eigenvalue weighted by Crippen LogP contribution is -2.00. The average Bonchev–Trinajstić information content (AvgIpc) is 3.10. The Morgan fingerprint density at radius 2 is 1.95 bits per heavy atom. The number of hydrogen-bond acceptors (Lipinski definition) is 4. The van der Waals surface area contributed by atoms with Gasteiger partial charge in [0.05, 0.1) is 0 Å². The molecule has 4 heteroatoms. The number of rotatable bonds is 3. The van der Waals surface area contributed by atoms with Gasteiger partial charge in [0.25, 0.3) is 0 Å². The summed E-state index contributed by atoms with van der Waals surface area (Å²) in [5.74, 6) is -0.0877. The minimum atomic E-state index is -0.410. The van der Waals surface area contributed by atoms with Gasteiger partial charge in [0.15, 0.2) is 5.70 Å². The molecule has 1 aromatic heterocycles. The van der Waals surface area contributed by atoms with Crippen molar-refractivity contribution in [3.05, 3.63) is 69.6 Å². The Labute approximate surface area is 126 Å². The number of benzene rings is 1. The molecule has 0 fully saturated rings.